The summed E-state index contributed by atoms with van der Waals surface area (Å²) < 4.78 is 0. The minimum atomic E-state index is -0.290. The van der Waals surface area contributed by atoms with Gasteiger partial charge in [0.25, 0.3) is 0 Å². The standard InChI is InChI=1S/C27H44O3/c1-16(2)23(29)9-6-17(3)20-7-8-21-25-22(11-13-27(20,21)5)26(4)12-10-19(28)14-18(26)15-24(25)30/h14,16-17,20-25,29-30H,6-13,15H2,1-5H3/t17-,20?,21?,22?,23?,24?,25?,26+,27-/m1/s1. The summed E-state index contributed by atoms with van der Waals surface area (Å²) in [5, 5.41) is 21.6. The van der Waals surface area contributed by atoms with Gasteiger partial charge in [0.2, 0.25) is 0 Å². The molecule has 9 atom stereocenters. The number of aliphatic hydroxyl groups excluding tert-OH is 2. The van der Waals surface area contributed by atoms with E-state index in [1.807, 2.05) is 6.08 Å². The van der Waals surface area contributed by atoms with Crippen LogP contribution in [0.3, 0.4) is 0 Å². The van der Waals surface area contributed by atoms with Crippen molar-refractivity contribution in [2.24, 2.45) is 46.3 Å². The van der Waals surface area contributed by atoms with Crippen LogP contribution in [-0.4, -0.2) is 28.2 Å². The first-order valence-corrected chi connectivity index (χ1v) is 12.7. The zero-order chi connectivity index (χ0) is 21.8. The third kappa shape index (κ3) is 3.52. The van der Waals surface area contributed by atoms with Crippen LogP contribution in [0.25, 0.3) is 0 Å². The van der Waals surface area contributed by atoms with E-state index in [1.54, 1.807) is 0 Å². The Morgan fingerprint density at radius 1 is 1.07 bits per heavy atom. The molecule has 0 aliphatic heterocycles. The number of ketones is 1. The molecule has 0 amide bonds. The summed E-state index contributed by atoms with van der Waals surface area (Å²) in [4.78, 5) is 12.1. The molecule has 0 aromatic rings. The van der Waals surface area contributed by atoms with E-state index in [9.17, 15) is 15.0 Å². The number of hydrogen-bond acceptors (Lipinski definition) is 3. The maximum Gasteiger partial charge on any atom is 0.155 e. The number of fused-ring (bicyclic) bond motifs is 5. The van der Waals surface area contributed by atoms with Crippen molar-refractivity contribution in [2.45, 2.75) is 105 Å². The lowest BCUT2D eigenvalue weighted by Crippen LogP contribution is -2.55. The van der Waals surface area contributed by atoms with Gasteiger partial charge in [0.1, 0.15) is 0 Å². The predicted octanol–water partition coefficient (Wildman–Crippen LogP) is 5.54. The van der Waals surface area contributed by atoms with E-state index >= 15 is 0 Å². The van der Waals surface area contributed by atoms with E-state index < -0.39 is 0 Å². The monoisotopic (exact) mass is 416 g/mol. The Hall–Kier alpha value is -0.670. The lowest BCUT2D eigenvalue weighted by molar-refractivity contribution is -0.124. The third-order valence-corrected chi connectivity index (χ3v) is 10.4. The summed E-state index contributed by atoms with van der Waals surface area (Å²) in [5.74, 6) is 3.43. The van der Waals surface area contributed by atoms with Crippen LogP contribution in [0.1, 0.15) is 92.4 Å². The van der Waals surface area contributed by atoms with Crippen molar-refractivity contribution in [3.8, 4) is 0 Å². The molecule has 6 unspecified atom stereocenters. The van der Waals surface area contributed by atoms with Crippen molar-refractivity contribution in [2.75, 3.05) is 0 Å². The first-order chi connectivity index (χ1) is 14.1. The lowest BCUT2D eigenvalue weighted by atomic mass is 9.45. The van der Waals surface area contributed by atoms with Gasteiger partial charge in [0.05, 0.1) is 12.2 Å². The van der Waals surface area contributed by atoms with Crippen LogP contribution in [0.2, 0.25) is 0 Å². The van der Waals surface area contributed by atoms with E-state index in [0.29, 0.717) is 53.8 Å². The summed E-state index contributed by atoms with van der Waals surface area (Å²) in [6, 6.07) is 0. The van der Waals surface area contributed by atoms with Crippen molar-refractivity contribution in [3.05, 3.63) is 11.6 Å². The fourth-order valence-corrected chi connectivity index (χ4v) is 8.47. The fourth-order valence-electron chi connectivity index (χ4n) is 8.47. The quantitative estimate of drug-likeness (QED) is 0.619. The molecule has 3 fully saturated rings. The number of carbonyl (C=O) groups is 1. The highest BCUT2D eigenvalue weighted by atomic mass is 16.3. The van der Waals surface area contributed by atoms with Crippen LogP contribution in [0.4, 0.5) is 0 Å². The molecular formula is C27H44O3. The van der Waals surface area contributed by atoms with Crippen molar-refractivity contribution in [1.82, 2.24) is 0 Å². The Bertz CT molecular complexity index is 696. The maximum absolute atomic E-state index is 12.1. The molecule has 3 saturated carbocycles. The van der Waals surface area contributed by atoms with Crippen molar-refractivity contribution < 1.29 is 15.0 Å². The van der Waals surface area contributed by atoms with Gasteiger partial charge < -0.3 is 10.2 Å². The highest BCUT2D eigenvalue weighted by Crippen LogP contribution is 2.67. The van der Waals surface area contributed by atoms with Crippen molar-refractivity contribution >= 4 is 5.78 Å². The summed E-state index contributed by atoms with van der Waals surface area (Å²) in [5.41, 5.74) is 1.66. The molecule has 0 spiro atoms. The number of rotatable bonds is 5. The van der Waals surface area contributed by atoms with Gasteiger partial charge in [0, 0.05) is 6.42 Å². The number of aliphatic hydroxyl groups is 2. The largest absolute Gasteiger partial charge is 0.393 e. The second-order valence-corrected chi connectivity index (χ2v) is 12.2. The minimum Gasteiger partial charge on any atom is -0.393 e. The molecule has 0 bridgehead atoms. The Balaban J connectivity index is 1.53. The molecule has 4 aliphatic carbocycles. The van der Waals surface area contributed by atoms with Crippen LogP contribution in [0.5, 0.6) is 0 Å². The smallest absolute Gasteiger partial charge is 0.155 e. The molecule has 4 aliphatic rings. The summed E-state index contributed by atoms with van der Waals surface area (Å²) in [6.07, 6.45) is 10.7. The van der Waals surface area contributed by atoms with Crippen LogP contribution in [0.15, 0.2) is 11.6 Å². The second-order valence-electron chi connectivity index (χ2n) is 12.2. The normalized spacial score (nSPS) is 45.4. The van der Waals surface area contributed by atoms with Gasteiger partial charge in [-0.3, -0.25) is 4.79 Å². The molecular weight excluding hydrogens is 372 g/mol. The molecule has 2 N–H and O–H groups in total. The third-order valence-electron chi connectivity index (χ3n) is 10.4. The van der Waals surface area contributed by atoms with Gasteiger partial charge in [-0.1, -0.05) is 40.2 Å². The van der Waals surface area contributed by atoms with Crippen LogP contribution >= 0.6 is 0 Å². The molecule has 3 heteroatoms. The SMILES string of the molecule is CC(C)C(O)CC[C@@H](C)C1CCC2C3C(O)CC4=CC(=O)CC[C@]4(C)C3CC[C@@]21C. The number of carbonyl (C=O) groups excluding carboxylic acids is 1. The van der Waals surface area contributed by atoms with E-state index in [1.165, 1.54) is 31.3 Å². The fraction of sp³-hybridized carbons (Fsp3) is 0.889. The van der Waals surface area contributed by atoms with E-state index in [-0.39, 0.29) is 23.4 Å². The molecule has 170 valence electrons. The molecule has 4 rings (SSSR count). The minimum absolute atomic E-state index is 0.115. The van der Waals surface area contributed by atoms with Gasteiger partial charge in [-0.2, -0.15) is 0 Å². The first-order valence-electron chi connectivity index (χ1n) is 12.7. The van der Waals surface area contributed by atoms with Gasteiger partial charge in [-0.15, -0.1) is 0 Å². The van der Waals surface area contributed by atoms with E-state index in [4.69, 9.17) is 0 Å². The summed E-state index contributed by atoms with van der Waals surface area (Å²) in [6.45, 7) is 11.5. The molecule has 30 heavy (non-hydrogen) atoms. The molecule has 3 nitrogen and oxygen atoms in total. The van der Waals surface area contributed by atoms with Crippen LogP contribution in [-0.2, 0) is 4.79 Å². The van der Waals surface area contributed by atoms with Crippen LogP contribution in [0, 0.1) is 46.3 Å². The second kappa shape index (κ2) is 8.03. The Labute approximate surface area is 183 Å². The molecule has 0 aromatic carbocycles. The molecule has 0 heterocycles. The van der Waals surface area contributed by atoms with Gasteiger partial charge in [-0.25, -0.2) is 0 Å². The average Bonchev–Trinajstić information content (AvgIpc) is 3.04. The molecule has 0 radical (unpaired) electrons. The predicted molar refractivity (Wildman–Crippen MR) is 121 cm³/mol. The Morgan fingerprint density at radius 2 is 1.80 bits per heavy atom. The summed E-state index contributed by atoms with van der Waals surface area (Å²) >= 11 is 0. The van der Waals surface area contributed by atoms with E-state index in [0.717, 1.165) is 19.3 Å². The molecule has 0 saturated heterocycles. The van der Waals surface area contributed by atoms with Gasteiger partial charge in [-0.05, 0) is 104 Å². The van der Waals surface area contributed by atoms with Crippen molar-refractivity contribution in [1.29, 1.82) is 0 Å². The van der Waals surface area contributed by atoms with Gasteiger partial charge in [0.15, 0.2) is 5.78 Å². The Morgan fingerprint density at radius 3 is 2.50 bits per heavy atom. The molecule has 0 aromatic heterocycles. The lowest BCUT2D eigenvalue weighted by Gasteiger charge is -2.60. The maximum atomic E-state index is 12.1. The zero-order valence-corrected chi connectivity index (χ0v) is 19.9. The van der Waals surface area contributed by atoms with Crippen LogP contribution < -0.4 is 0 Å². The number of hydrogen-bond donors (Lipinski definition) is 2. The highest BCUT2D eigenvalue weighted by molar-refractivity contribution is 5.91. The van der Waals surface area contributed by atoms with E-state index in [2.05, 4.69) is 34.6 Å². The Kier molecular flexibility index (Phi) is 6.03. The first kappa shape index (κ1) is 22.5. The highest BCUT2D eigenvalue weighted by Gasteiger charge is 2.61. The topological polar surface area (TPSA) is 57.5 Å². The summed E-state index contributed by atoms with van der Waals surface area (Å²) in [7, 11) is 0. The average molecular weight is 417 g/mol. The van der Waals surface area contributed by atoms with Gasteiger partial charge >= 0.3 is 0 Å². The van der Waals surface area contributed by atoms with Crippen molar-refractivity contribution in [3.63, 3.8) is 0 Å². The zero-order valence-electron chi connectivity index (χ0n) is 19.9.